The number of benzene rings is 1. The minimum absolute atomic E-state index is 0.226. The zero-order valence-electron chi connectivity index (χ0n) is 11.8. The van der Waals surface area contributed by atoms with Crippen molar-refractivity contribution >= 4 is 40.6 Å². The van der Waals surface area contributed by atoms with Gasteiger partial charge in [-0.3, -0.25) is 4.79 Å². The summed E-state index contributed by atoms with van der Waals surface area (Å²) < 4.78 is 4.85. The average molecular weight is 341 g/mol. The van der Waals surface area contributed by atoms with E-state index in [0.29, 0.717) is 34.7 Å². The lowest BCUT2D eigenvalue weighted by atomic mass is 10.3. The third-order valence-corrected chi connectivity index (χ3v) is 3.23. The Morgan fingerprint density at radius 3 is 2.68 bits per heavy atom. The van der Waals surface area contributed by atoms with Gasteiger partial charge in [-0.2, -0.15) is 0 Å². The summed E-state index contributed by atoms with van der Waals surface area (Å²) in [6, 6.07) is 8.28. The first-order chi connectivity index (χ1) is 10.6. The van der Waals surface area contributed by atoms with Crippen LogP contribution in [0.25, 0.3) is 0 Å². The monoisotopic (exact) mass is 340 g/mol. The minimum atomic E-state index is -0.305. The Bertz CT molecular complexity index is 650. The topological polar surface area (TPSA) is 76.1 Å². The van der Waals surface area contributed by atoms with E-state index in [0.717, 1.165) is 0 Å². The molecule has 0 unspecified atom stereocenters. The molecule has 1 heterocycles. The van der Waals surface area contributed by atoms with Gasteiger partial charge in [0.05, 0.1) is 17.3 Å². The van der Waals surface area contributed by atoms with Crippen molar-refractivity contribution in [2.45, 2.75) is 0 Å². The Morgan fingerprint density at radius 2 is 2.05 bits per heavy atom. The van der Waals surface area contributed by atoms with Gasteiger partial charge in [0.15, 0.2) is 11.5 Å². The van der Waals surface area contributed by atoms with Gasteiger partial charge in [0.25, 0.3) is 5.91 Å². The second-order valence-corrected chi connectivity index (χ2v) is 5.15. The van der Waals surface area contributed by atoms with Crippen LogP contribution >= 0.6 is 23.2 Å². The quantitative estimate of drug-likeness (QED) is 0.790. The zero-order chi connectivity index (χ0) is 15.9. The van der Waals surface area contributed by atoms with Crippen LogP contribution in [0.2, 0.25) is 10.0 Å². The van der Waals surface area contributed by atoms with Crippen LogP contribution in [0.4, 0.5) is 11.5 Å². The summed E-state index contributed by atoms with van der Waals surface area (Å²) >= 11 is 11.9. The third-order valence-electron chi connectivity index (χ3n) is 2.68. The fourth-order valence-electron chi connectivity index (χ4n) is 1.61. The molecule has 22 heavy (non-hydrogen) atoms. The smallest absolute Gasteiger partial charge is 0.271 e. The molecule has 0 saturated carbocycles. The molecular weight excluding hydrogens is 327 g/mol. The van der Waals surface area contributed by atoms with Crippen LogP contribution in [0.5, 0.6) is 0 Å². The molecule has 0 saturated heterocycles. The number of amides is 1. The van der Waals surface area contributed by atoms with E-state index in [9.17, 15) is 4.79 Å². The normalized spacial score (nSPS) is 10.3. The van der Waals surface area contributed by atoms with E-state index in [1.54, 1.807) is 37.4 Å². The van der Waals surface area contributed by atoms with Gasteiger partial charge in [-0.1, -0.05) is 23.2 Å². The first-order valence-electron chi connectivity index (χ1n) is 6.43. The number of ether oxygens (including phenoxy) is 1. The molecule has 0 aliphatic rings. The van der Waals surface area contributed by atoms with E-state index in [1.165, 1.54) is 0 Å². The molecule has 116 valence electrons. The number of rotatable bonds is 6. The van der Waals surface area contributed by atoms with Crippen molar-refractivity contribution in [3.63, 3.8) is 0 Å². The number of methoxy groups -OCH3 is 1. The second-order valence-electron chi connectivity index (χ2n) is 4.30. The summed E-state index contributed by atoms with van der Waals surface area (Å²) in [6.45, 7) is 0.852. The van der Waals surface area contributed by atoms with Gasteiger partial charge in [0.2, 0.25) is 0 Å². The number of halogens is 2. The van der Waals surface area contributed by atoms with Crippen LogP contribution in [0.15, 0.2) is 30.3 Å². The van der Waals surface area contributed by atoms with E-state index >= 15 is 0 Å². The number of hydrogen-bond donors (Lipinski definition) is 2. The van der Waals surface area contributed by atoms with Crippen molar-refractivity contribution in [3.05, 3.63) is 46.1 Å². The van der Waals surface area contributed by atoms with Crippen molar-refractivity contribution in [2.75, 3.05) is 25.6 Å². The highest BCUT2D eigenvalue weighted by Crippen LogP contribution is 2.27. The van der Waals surface area contributed by atoms with Gasteiger partial charge in [0, 0.05) is 18.7 Å². The molecule has 0 spiro atoms. The number of anilines is 2. The Kier molecular flexibility index (Phi) is 5.94. The van der Waals surface area contributed by atoms with E-state index < -0.39 is 0 Å². The van der Waals surface area contributed by atoms with E-state index in [4.69, 9.17) is 27.9 Å². The van der Waals surface area contributed by atoms with Crippen LogP contribution in [0.3, 0.4) is 0 Å². The fourth-order valence-corrected chi connectivity index (χ4v) is 2.06. The van der Waals surface area contributed by atoms with Gasteiger partial charge in [0.1, 0.15) is 0 Å². The molecule has 1 amide bonds. The largest absolute Gasteiger partial charge is 0.383 e. The van der Waals surface area contributed by atoms with E-state index in [1.807, 2.05) is 0 Å². The highest BCUT2D eigenvalue weighted by atomic mass is 35.5. The van der Waals surface area contributed by atoms with E-state index in [-0.39, 0.29) is 11.6 Å². The Balaban J connectivity index is 2.01. The lowest BCUT2D eigenvalue weighted by Crippen LogP contribution is -2.27. The van der Waals surface area contributed by atoms with Crippen LogP contribution in [-0.4, -0.2) is 36.4 Å². The number of carbonyl (C=O) groups is 1. The molecule has 6 nitrogen and oxygen atoms in total. The highest BCUT2D eigenvalue weighted by molar-refractivity contribution is 6.36. The summed E-state index contributed by atoms with van der Waals surface area (Å²) in [5.41, 5.74) is 0.876. The van der Waals surface area contributed by atoms with Gasteiger partial charge >= 0.3 is 0 Å². The van der Waals surface area contributed by atoms with Gasteiger partial charge < -0.3 is 15.4 Å². The predicted molar refractivity (Wildman–Crippen MR) is 86.0 cm³/mol. The van der Waals surface area contributed by atoms with Gasteiger partial charge in [-0.05, 0) is 30.3 Å². The third kappa shape index (κ3) is 4.56. The number of carbonyl (C=O) groups excluding carboxylic acids is 1. The van der Waals surface area contributed by atoms with Crippen molar-refractivity contribution in [2.24, 2.45) is 0 Å². The van der Waals surface area contributed by atoms with Crippen LogP contribution in [0, 0.1) is 0 Å². The molecule has 2 N–H and O–H groups in total. The summed E-state index contributed by atoms with van der Waals surface area (Å²) in [5.74, 6) is 0.165. The number of nitrogens with one attached hydrogen (secondary N) is 2. The van der Waals surface area contributed by atoms with E-state index in [2.05, 4.69) is 20.8 Å². The van der Waals surface area contributed by atoms with Crippen molar-refractivity contribution in [3.8, 4) is 0 Å². The zero-order valence-corrected chi connectivity index (χ0v) is 13.3. The molecule has 1 aromatic carbocycles. The van der Waals surface area contributed by atoms with Crippen molar-refractivity contribution in [1.29, 1.82) is 0 Å². The molecule has 0 radical (unpaired) electrons. The number of nitrogens with zero attached hydrogens (tertiary/aromatic N) is 2. The Labute approximate surface area is 137 Å². The van der Waals surface area contributed by atoms with Crippen LogP contribution < -0.4 is 10.6 Å². The Hall–Kier alpha value is -1.89. The van der Waals surface area contributed by atoms with Crippen LogP contribution in [-0.2, 0) is 4.74 Å². The molecule has 0 atom stereocenters. The predicted octanol–water partition coefficient (Wildman–Crippen LogP) is 2.90. The molecule has 8 heteroatoms. The summed E-state index contributed by atoms with van der Waals surface area (Å²) in [7, 11) is 1.56. The first-order valence-corrected chi connectivity index (χ1v) is 7.18. The number of hydrogen-bond acceptors (Lipinski definition) is 5. The maximum Gasteiger partial charge on any atom is 0.271 e. The second kappa shape index (κ2) is 7.93. The highest BCUT2D eigenvalue weighted by Gasteiger charge is 2.08. The molecule has 0 bridgehead atoms. The molecule has 0 aliphatic heterocycles. The molecule has 0 aliphatic carbocycles. The average Bonchev–Trinajstić information content (AvgIpc) is 2.51. The molecule has 0 fully saturated rings. The Morgan fingerprint density at radius 1 is 1.23 bits per heavy atom. The summed E-state index contributed by atoms with van der Waals surface area (Å²) in [4.78, 5) is 11.8. The first kappa shape index (κ1) is 16.5. The molecule has 2 aromatic rings. The maximum atomic E-state index is 11.8. The molecule has 2 rings (SSSR count). The maximum absolute atomic E-state index is 11.8. The molecule has 1 aromatic heterocycles. The van der Waals surface area contributed by atoms with Gasteiger partial charge in [-0.15, -0.1) is 10.2 Å². The summed E-state index contributed by atoms with van der Waals surface area (Å²) in [5, 5.41) is 14.5. The van der Waals surface area contributed by atoms with Crippen molar-refractivity contribution in [1.82, 2.24) is 15.5 Å². The van der Waals surface area contributed by atoms with Crippen LogP contribution in [0.1, 0.15) is 10.5 Å². The SMILES string of the molecule is COCCNC(=O)c1ccc(Nc2ccc(Cl)cc2Cl)nn1. The lowest BCUT2D eigenvalue weighted by Gasteiger charge is -2.08. The fraction of sp³-hybridized carbons (Fsp3) is 0.214. The number of aromatic nitrogens is 2. The molecular formula is C14H14Cl2N4O2. The lowest BCUT2D eigenvalue weighted by molar-refractivity contribution is 0.0931. The van der Waals surface area contributed by atoms with Gasteiger partial charge in [-0.25, -0.2) is 0 Å². The standard InChI is InChI=1S/C14H14Cl2N4O2/c1-22-7-6-17-14(21)12-4-5-13(20-19-12)18-11-3-2-9(15)8-10(11)16/h2-5,8H,6-7H2,1H3,(H,17,21)(H,18,20). The van der Waals surface area contributed by atoms with Crippen molar-refractivity contribution < 1.29 is 9.53 Å². The minimum Gasteiger partial charge on any atom is -0.383 e. The summed E-state index contributed by atoms with van der Waals surface area (Å²) in [6.07, 6.45) is 0.